The van der Waals surface area contributed by atoms with Crippen LogP contribution in [0.3, 0.4) is 0 Å². The molecule has 152 valence electrons. The Labute approximate surface area is 164 Å². The first-order valence-corrected chi connectivity index (χ1v) is 8.18. The number of alkyl halides is 3. The molecule has 1 N–H and O–H groups in total. The molecule has 0 spiro atoms. The van der Waals surface area contributed by atoms with Gasteiger partial charge in [-0.15, -0.1) is 12.4 Å². The zero-order valence-electron chi connectivity index (χ0n) is 14.4. The second kappa shape index (κ2) is 8.70. The first-order chi connectivity index (χ1) is 12.7. The van der Waals surface area contributed by atoms with Gasteiger partial charge >= 0.3 is 6.18 Å². The van der Waals surface area contributed by atoms with Crippen LogP contribution in [0.5, 0.6) is 0 Å². The minimum absolute atomic E-state index is 0. The molecule has 0 unspecified atom stereocenters. The highest BCUT2D eigenvalue weighted by molar-refractivity contribution is 5.85. The SMILES string of the molecule is Cl.O=[N+]([O-])c1ccc(N2CC[C@H](NCc3ccc(F)cc3C(F)(F)F)C2)nc1. The Morgan fingerprint density at radius 3 is 2.64 bits per heavy atom. The maximum absolute atomic E-state index is 13.2. The van der Waals surface area contributed by atoms with E-state index in [4.69, 9.17) is 0 Å². The molecule has 0 radical (unpaired) electrons. The minimum atomic E-state index is -4.62. The Morgan fingerprint density at radius 2 is 2.04 bits per heavy atom. The summed E-state index contributed by atoms with van der Waals surface area (Å²) in [6.45, 7) is 1.09. The molecule has 3 rings (SSSR count). The number of hydrogen-bond acceptors (Lipinski definition) is 5. The number of pyridine rings is 1. The third-order valence-corrected chi connectivity index (χ3v) is 4.41. The van der Waals surface area contributed by atoms with Crippen molar-refractivity contribution in [3.05, 3.63) is 63.6 Å². The van der Waals surface area contributed by atoms with Gasteiger partial charge in [0, 0.05) is 31.7 Å². The van der Waals surface area contributed by atoms with Crippen molar-refractivity contribution in [3.63, 3.8) is 0 Å². The fourth-order valence-electron chi connectivity index (χ4n) is 3.03. The maximum Gasteiger partial charge on any atom is 0.416 e. The van der Waals surface area contributed by atoms with Crippen LogP contribution in [0.15, 0.2) is 36.5 Å². The predicted octanol–water partition coefficient (Wildman–Crippen LogP) is 3.94. The van der Waals surface area contributed by atoms with E-state index in [1.54, 1.807) is 6.07 Å². The van der Waals surface area contributed by atoms with Crippen LogP contribution in [0.2, 0.25) is 0 Å². The van der Waals surface area contributed by atoms with Crippen molar-refractivity contribution < 1.29 is 22.5 Å². The standard InChI is InChI=1S/C17H16F4N4O2.ClH/c18-12-2-1-11(15(7-12)17(19,20)21)8-22-13-5-6-24(10-13)16-4-3-14(9-23-16)25(26)27;/h1-4,7,9,13,22H,5-6,8,10H2;1H/t13-;/m0./s1. The molecule has 0 bridgehead atoms. The molecule has 1 fully saturated rings. The molecule has 1 aliphatic heterocycles. The number of anilines is 1. The zero-order valence-corrected chi connectivity index (χ0v) is 15.3. The molecule has 0 amide bonds. The number of nitrogens with zero attached hydrogens (tertiary/aromatic N) is 3. The molecule has 28 heavy (non-hydrogen) atoms. The summed E-state index contributed by atoms with van der Waals surface area (Å²) in [5, 5.41) is 13.7. The lowest BCUT2D eigenvalue weighted by atomic mass is 10.1. The van der Waals surface area contributed by atoms with E-state index in [0.717, 1.165) is 12.1 Å². The number of nitrogens with one attached hydrogen (secondary N) is 1. The van der Waals surface area contributed by atoms with Crippen LogP contribution in [0.1, 0.15) is 17.5 Å². The third kappa shape index (κ3) is 5.08. The van der Waals surface area contributed by atoms with E-state index < -0.39 is 22.5 Å². The van der Waals surface area contributed by atoms with E-state index in [2.05, 4.69) is 10.3 Å². The summed E-state index contributed by atoms with van der Waals surface area (Å²) in [5.41, 5.74) is -1.11. The molecular formula is C17H17ClF4N4O2. The van der Waals surface area contributed by atoms with E-state index in [-0.39, 0.29) is 36.2 Å². The first-order valence-electron chi connectivity index (χ1n) is 8.18. The maximum atomic E-state index is 13.2. The molecule has 6 nitrogen and oxygen atoms in total. The Bertz CT molecular complexity index is 833. The largest absolute Gasteiger partial charge is 0.416 e. The first kappa shape index (κ1) is 21.8. The quantitative estimate of drug-likeness (QED) is 0.450. The van der Waals surface area contributed by atoms with Crippen LogP contribution in [-0.2, 0) is 12.7 Å². The summed E-state index contributed by atoms with van der Waals surface area (Å²) in [6.07, 6.45) is -2.77. The summed E-state index contributed by atoms with van der Waals surface area (Å²) < 4.78 is 52.3. The van der Waals surface area contributed by atoms with Gasteiger partial charge in [-0.2, -0.15) is 13.2 Å². The fourth-order valence-corrected chi connectivity index (χ4v) is 3.03. The number of aromatic nitrogens is 1. The lowest BCUT2D eigenvalue weighted by Gasteiger charge is -2.19. The number of nitro groups is 1. The molecule has 0 aliphatic carbocycles. The van der Waals surface area contributed by atoms with Gasteiger partial charge in [-0.05, 0) is 30.2 Å². The molecule has 11 heteroatoms. The lowest BCUT2D eigenvalue weighted by molar-refractivity contribution is -0.385. The third-order valence-electron chi connectivity index (χ3n) is 4.41. The second-order valence-electron chi connectivity index (χ2n) is 6.24. The number of rotatable bonds is 5. The van der Waals surface area contributed by atoms with Crippen molar-refractivity contribution >= 4 is 23.9 Å². The predicted molar refractivity (Wildman–Crippen MR) is 97.0 cm³/mol. The fraction of sp³-hybridized carbons (Fsp3) is 0.353. The van der Waals surface area contributed by atoms with Gasteiger partial charge in [0.2, 0.25) is 0 Å². The highest BCUT2D eigenvalue weighted by Crippen LogP contribution is 2.32. The van der Waals surface area contributed by atoms with Gasteiger partial charge in [0.15, 0.2) is 0 Å². The van der Waals surface area contributed by atoms with E-state index in [9.17, 15) is 27.7 Å². The van der Waals surface area contributed by atoms with Crippen LogP contribution in [-0.4, -0.2) is 29.0 Å². The van der Waals surface area contributed by atoms with Gasteiger partial charge in [0.25, 0.3) is 5.69 Å². The monoisotopic (exact) mass is 420 g/mol. The zero-order chi connectivity index (χ0) is 19.6. The van der Waals surface area contributed by atoms with Gasteiger partial charge in [-0.1, -0.05) is 6.07 Å². The average molecular weight is 421 g/mol. The molecule has 0 saturated carbocycles. The van der Waals surface area contributed by atoms with E-state index >= 15 is 0 Å². The smallest absolute Gasteiger partial charge is 0.355 e. The highest BCUT2D eigenvalue weighted by Gasteiger charge is 2.34. The van der Waals surface area contributed by atoms with Gasteiger partial charge < -0.3 is 10.2 Å². The Balaban J connectivity index is 0.00000280. The minimum Gasteiger partial charge on any atom is -0.355 e. The summed E-state index contributed by atoms with van der Waals surface area (Å²) in [7, 11) is 0. The molecule has 1 aromatic heterocycles. The van der Waals surface area contributed by atoms with Gasteiger partial charge in [0.1, 0.15) is 17.8 Å². The summed E-state index contributed by atoms with van der Waals surface area (Å²) in [4.78, 5) is 16.1. The Kier molecular flexibility index (Phi) is 6.78. The van der Waals surface area contributed by atoms with E-state index in [0.29, 0.717) is 31.4 Å². The summed E-state index contributed by atoms with van der Waals surface area (Å²) in [6, 6.07) is 5.47. The Morgan fingerprint density at radius 1 is 1.29 bits per heavy atom. The molecule has 1 atom stereocenters. The van der Waals surface area contributed by atoms with Crippen molar-refractivity contribution in [1.29, 1.82) is 0 Å². The molecule has 1 aromatic carbocycles. The second-order valence-corrected chi connectivity index (χ2v) is 6.24. The number of hydrogen-bond donors (Lipinski definition) is 1. The van der Waals surface area contributed by atoms with Gasteiger partial charge in [0.05, 0.1) is 10.5 Å². The van der Waals surface area contributed by atoms with Crippen molar-refractivity contribution in [2.24, 2.45) is 0 Å². The Hall–Kier alpha value is -2.46. The number of halogens is 5. The van der Waals surface area contributed by atoms with Crippen molar-refractivity contribution in [3.8, 4) is 0 Å². The van der Waals surface area contributed by atoms with Crippen molar-refractivity contribution in [1.82, 2.24) is 10.3 Å². The molecule has 1 saturated heterocycles. The van der Waals surface area contributed by atoms with Gasteiger partial charge in [-0.25, -0.2) is 9.37 Å². The van der Waals surface area contributed by atoms with E-state index in [1.807, 2.05) is 4.90 Å². The van der Waals surface area contributed by atoms with E-state index in [1.165, 1.54) is 12.3 Å². The van der Waals surface area contributed by atoms with Crippen LogP contribution in [0, 0.1) is 15.9 Å². The molecule has 2 aromatic rings. The normalized spacial score (nSPS) is 16.7. The van der Waals surface area contributed by atoms with Gasteiger partial charge in [-0.3, -0.25) is 10.1 Å². The van der Waals surface area contributed by atoms with Crippen LogP contribution < -0.4 is 10.2 Å². The molecular weight excluding hydrogens is 404 g/mol. The van der Waals surface area contributed by atoms with Crippen LogP contribution in [0.25, 0.3) is 0 Å². The van der Waals surface area contributed by atoms with Crippen molar-refractivity contribution in [2.45, 2.75) is 25.2 Å². The van der Waals surface area contributed by atoms with Crippen LogP contribution in [0.4, 0.5) is 29.1 Å². The van der Waals surface area contributed by atoms with Crippen LogP contribution >= 0.6 is 12.4 Å². The number of benzene rings is 1. The molecule has 2 heterocycles. The highest BCUT2D eigenvalue weighted by atomic mass is 35.5. The topological polar surface area (TPSA) is 71.3 Å². The summed E-state index contributed by atoms with van der Waals surface area (Å²) >= 11 is 0. The van der Waals surface area contributed by atoms with Crippen molar-refractivity contribution in [2.75, 3.05) is 18.0 Å². The molecule has 1 aliphatic rings. The summed E-state index contributed by atoms with van der Waals surface area (Å²) in [5.74, 6) is -0.356. The lowest BCUT2D eigenvalue weighted by Crippen LogP contribution is -2.33. The average Bonchev–Trinajstić information content (AvgIpc) is 3.09.